The molecule has 4 heteroatoms. The van der Waals surface area contributed by atoms with Gasteiger partial charge in [-0.2, -0.15) is 0 Å². The van der Waals surface area contributed by atoms with E-state index in [1.54, 1.807) is 11.3 Å². The zero-order chi connectivity index (χ0) is 17.8. The normalized spacial score (nSPS) is 17.5. The Kier molecular flexibility index (Phi) is 5.32. The second kappa shape index (κ2) is 8.02. The van der Waals surface area contributed by atoms with Crippen LogP contribution >= 0.6 is 11.3 Å². The summed E-state index contributed by atoms with van der Waals surface area (Å²) in [4.78, 5) is 8.72. The quantitative estimate of drug-likeness (QED) is 0.676. The molecule has 3 aromatic rings. The van der Waals surface area contributed by atoms with E-state index in [0.29, 0.717) is 6.04 Å². The first-order valence-corrected chi connectivity index (χ1v) is 10.1. The fourth-order valence-corrected chi connectivity index (χ4v) is 4.58. The fourth-order valence-electron chi connectivity index (χ4n) is 3.49. The van der Waals surface area contributed by atoms with Gasteiger partial charge in [0.2, 0.25) is 0 Å². The molecule has 1 saturated heterocycles. The molecule has 1 aromatic heterocycles. The molecule has 0 spiro atoms. The van der Waals surface area contributed by atoms with Gasteiger partial charge in [-0.25, -0.2) is 0 Å². The number of benzene rings is 2. The van der Waals surface area contributed by atoms with Crippen LogP contribution in [0.5, 0.6) is 0 Å². The molecule has 0 unspecified atom stereocenters. The van der Waals surface area contributed by atoms with Gasteiger partial charge >= 0.3 is 0 Å². The number of aryl methyl sites for hydroxylation is 1. The molecular formula is C22H25N3S. The van der Waals surface area contributed by atoms with Gasteiger partial charge in [0, 0.05) is 26.7 Å². The van der Waals surface area contributed by atoms with Gasteiger partial charge in [-0.15, -0.1) is 0 Å². The fraction of sp³-hybridized carbons (Fsp3) is 0.318. The molecule has 2 heterocycles. The first-order chi connectivity index (χ1) is 12.8. The highest BCUT2D eigenvalue weighted by atomic mass is 32.1. The van der Waals surface area contributed by atoms with Crippen molar-refractivity contribution in [3.63, 3.8) is 0 Å². The van der Waals surface area contributed by atoms with E-state index in [1.807, 2.05) is 0 Å². The van der Waals surface area contributed by atoms with E-state index in [1.165, 1.54) is 15.8 Å². The Morgan fingerprint density at radius 3 is 2.54 bits per heavy atom. The van der Waals surface area contributed by atoms with Crippen LogP contribution in [0.2, 0.25) is 0 Å². The Morgan fingerprint density at radius 2 is 1.77 bits per heavy atom. The van der Waals surface area contributed by atoms with Crippen molar-refractivity contribution in [3.05, 3.63) is 71.0 Å². The first-order valence-electron chi connectivity index (χ1n) is 9.32. The molecule has 134 valence electrons. The largest absolute Gasteiger partial charge is 0.320 e. The number of hydrogen-bond acceptors (Lipinski definition) is 3. The lowest BCUT2D eigenvalue weighted by Crippen LogP contribution is -2.36. The van der Waals surface area contributed by atoms with Crippen LogP contribution in [0.4, 0.5) is 0 Å². The molecule has 4 rings (SSSR count). The van der Waals surface area contributed by atoms with Crippen LogP contribution in [-0.4, -0.2) is 35.1 Å². The number of thiazole rings is 1. The number of nitrogens with zero attached hydrogens (tertiary/aromatic N) is 3. The van der Waals surface area contributed by atoms with E-state index in [-0.39, 0.29) is 0 Å². The van der Waals surface area contributed by atoms with Crippen molar-refractivity contribution in [2.75, 3.05) is 19.6 Å². The van der Waals surface area contributed by atoms with E-state index in [9.17, 15) is 0 Å². The van der Waals surface area contributed by atoms with E-state index >= 15 is 0 Å². The Morgan fingerprint density at radius 1 is 1.04 bits per heavy atom. The number of hydrogen-bond donors (Lipinski definition) is 0. The second-order valence-corrected chi connectivity index (χ2v) is 7.89. The lowest BCUT2D eigenvalue weighted by Gasteiger charge is -2.29. The third-order valence-electron chi connectivity index (χ3n) is 5.04. The van der Waals surface area contributed by atoms with Gasteiger partial charge in [-0.3, -0.25) is 9.89 Å². The summed E-state index contributed by atoms with van der Waals surface area (Å²) < 4.78 is 3.55. The van der Waals surface area contributed by atoms with Gasteiger partial charge in [0.15, 0.2) is 4.80 Å². The maximum absolute atomic E-state index is 5.05. The van der Waals surface area contributed by atoms with Crippen LogP contribution in [0.15, 0.2) is 65.7 Å². The molecule has 0 N–H and O–H groups in total. The summed E-state index contributed by atoms with van der Waals surface area (Å²) in [6.45, 7) is 3.28. The summed E-state index contributed by atoms with van der Waals surface area (Å²) in [7, 11) is 2.13. The highest BCUT2D eigenvalue weighted by molar-refractivity contribution is 7.16. The summed E-state index contributed by atoms with van der Waals surface area (Å²) in [6.07, 6.45) is 6.79. The van der Waals surface area contributed by atoms with Crippen molar-refractivity contribution in [1.29, 1.82) is 0 Å². The van der Waals surface area contributed by atoms with Crippen molar-refractivity contribution in [2.45, 2.75) is 18.9 Å². The minimum Gasteiger partial charge on any atom is -0.320 e. The van der Waals surface area contributed by atoms with Gasteiger partial charge in [-0.1, -0.05) is 66.0 Å². The highest BCUT2D eigenvalue weighted by Crippen LogP contribution is 2.17. The van der Waals surface area contributed by atoms with Crippen LogP contribution in [-0.2, 0) is 7.05 Å². The predicted octanol–water partition coefficient (Wildman–Crippen LogP) is 4.32. The molecule has 0 bridgehead atoms. The lowest BCUT2D eigenvalue weighted by atomic mass is 10.1. The molecule has 1 aliphatic heterocycles. The van der Waals surface area contributed by atoms with Crippen molar-refractivity contribution in [3.8, 4) is 0 Å². The molecule has 0 aliphatic carbocycles. The number of fused-ring (bicyclic) bond motifs is 1. The molecule has 2 aromatic carbocycles. The van der Waals surface area contributed by atoms with E-state index in [0.717, 1.165) is 37.3 Å². The molecule has 0 radical (unpaired) electrons. The summed E-state index contributed by atoms with van der Waals surface area (Å²) in [6, 6.07) is 19.5. The minimum absolute atomic E-state index is 0.448. The van der Waals surface area contributed by atoms with Crippen molar-refractivity contribution >= 4 is 27.6 Å². The van der Waals surface area contributed by atoms with Crippen LogP contribution in [0.1, 0.15) is 18.4 Å². The average molecular weight is 364 g/mol. The van der Waals surface area contributed by atoms with Gasteiger partial charge in [0.05, 0.1) is 16.3 Å². The zero-order valence-corrected chi connectivity index (χ0v) is 16.0. The second-order valence-electron chi connectivity index (χ2n) is 6.89. The van der Waals surface area contributed by atoms with Crippen LogP contribution in [0.25, 0.3) is 16.3 Å². The molecule has 1 fully saturated rings. The van der Waals surface area contributed by atoms with E-state index in [2.05, 4.69) is 83.3 Å². The Labute approximate surface area is 158 Å². The highest BCUT2D eigenvalue weighted by Gasteiger charge is 2.17. The number of rotatable bonds is 4. The third-order valence-corrected chi connectivity index (χ3v) is 6.17. The standard InChI is InChI=1S/C22H25N3S/c1-24-20-11-5-6-12-21(20)26-22(24)23-19-13-16-25(17-14-19)15-7-10-18-8-3-2-4-9-18/h2-12,19H,13-17H2,1H3. The molecule has 0 amide bonds. The van der Waals surface area contributed by atoms with Crippen LogP contribution < -0.4 is 4.80 Å². The number of para-hydroxylation sites is 1. The third kappa shape index (κ3) is 3.97. The van der Waals surface area contributed by atoms with Crippen molar-refractivity contribution < 1.29 is 0 Å². The smallest absolute Gasteiger partial charge is 0.185 e. The van der Waals surface area contributed by atoms with E-state index < -0.39 is 0 Å². The maximum Gasteiger partial charge on any atom is 0.185 e. The van der Waals surface area contributed by atoms with Gasteiger partial charge in [0.25, 0.3) is 0 Å². The first kappa shape index (κ1) is 17.3. The molecule has 26 heavy (non-hydrogen) atoms. The molecule has 0 atom stereocenters. The van der Waals surface area contributed by atoms with Crippen molar-refractivity contribution in [2.24, 2.45) is 12.0 Å². The monoisotopic (exact) mass is 363 g/mol. The molecule has 3 nitrogen and oxygen atoms in total. The summed E-state index contributed by atoms with van der Waals surface area (Å²) >= 11 is 1.80. The van der Waals surface area contributed by atoms with Gasteiger partial charge in [0.1, 0.15) is 0 Å². The molecule has 0 saturated carbocycles. The Balaban J connectivity index is 1.36. The maximum atomic E-state index is 5.05. The lowest BCUT2D eigenvalue weighted by molar-refractivity contribution is 0.233. The minimum atomic E-state index is 0.448. The SMILES string of the molecule is Cn1c(=NC2CCN(CC=Cc3ccccc3)CC2)sc2ccccc21. The van der Waals surface area contributed by atoms with E-state index in [4.69, 9.17) is 4.99 Å². The number of aromatic nitrogens is 1. The van der Waals surface area contributed by atoms with Gasteiger partial charge in [-0.05, 0) is 30.5 Å². The summed E-state index contributed by atoms with van der Waals surface area (Å²) in [5, 5.41) is 0. The molecular weight excluding hydrogens is 338 g/mol. The predicted molar refractivity (Wildman–Crippen MR) is 111 cm³/mol. The van der Waals surface area contributed by atoms with Crippen LogP contribution in [0.3, 0.4) is 0 Å². The van der Waals surface area contributed by atoms with Crippen LogP contribution in [0, 0.1) is 0 Å². The van der Waals surface area contributed by atoms with Crippen molar-refractivity contribution in [1.82, 2.24) is 9.47 Å². The topological polar surface area (TPSA) is 20.5 Å². The zero-order valence-electron chi connectivity index (χ0n) is 15.2. The summed E-state index contributed by atoms with van der Waals surface area (Å²) in [5.41, 5.74) is 2.55. The number of piperidine rings is 1. The van der Waals surface area contributed by atoms with Gasteiger partial charge < -0.3 is 4.57 Å². The average Bonchev–Trinajstić information content (AvgIpc) is 3.00. The Hall–Kier alpha value is -2.17. The Bertz CT molecular complexity index is 944. The number of likely N-dealkylation sites (tertiary alicyclic amines) is 1. The summed E-state index contributed by atoms with van der Waals surface area (Å²) in [5.74, 6) is 0. The molecule has 1 aliphatic rings.